The maximum Gasteiger partial charge on any atom is 0.0467 e. The molecule has 1 heterocycles. The van der Waals surface area contributed by atoms with Gasteiger partial charge in [-0.05, 0) is 19.8 Å². The topological polar surface area (TPSA) is 40.9 Å². The van der Waals surface area contributed by atoms with E-state index in [9.17, 15) is 4.21 Å². The molecule has 1 saturated heterocycles. The minimum atomic E-state index is -2.12. The summed E-state index contributed by atoms with van der Waals surface area (Å²) in [6.07, 6.45) is 1.98. The SMILES string of the molecule is CC1CCCS1(=N)=O. The number of rotatable bonds is 0. The molecule has 1 rings (SSSR count). The zero-order valence-corrected chi connectivity index (χ0v) is 5.83. The number of hydrogen-bond acceptors (Lipinski definition) is 2. The van der Waals surface area contributed by atoms with E-state index in [2.05, 4.69) is 0 Å². The van der Waals surface area contributed by atoms with E-state index in [1.54, 1.807) is 0 Å². The summed E-state index contributed by atoms with van der Waals surface area (Å²) in [4.78, 5) is 0. The Hall–Kier alpha value is -0.0500. The molecule has 0 aromatic rings. The zero-order valence-electron chi connectivity index (χ0n) is 5.02. The molecule has 0 aliphatic carbocycles. The van der Waals surface area contributed by atoms with E-state index < -0.39 is 9.73 Å². The Balaban J connectivity index is 2.85. The third-order valence-electron chi connectivity index (χ3n) is 1.71. The fourth-order valence-electron chi connectivity index (χ4n) is 0.977. The Morgan fingerprint density at radius 1 is 1.75 bits per heavy atom. The van der Waals surface area contributed by atoms with Crippen molar-refractivity contribution >= 4 is 9.73 Å². The second-order valence-electron chi connectivity index (χ2n) is 2.38. The van der Waals surface area contributed by atoms with Crippen LogP contribution in [0.1, 0.15) is 19.8 Å². The van der Waals surface area contributed by atoms with Crippen LogP contribution in [-0.2, 0) is 9.73 Å². The van der Waals surface area contributed by atoms with Crippen molar-refractivity contribution < 1.29 is 4.21 Å². The molecule has 0 spiro atoms. The van der Waals surface area contributed by atoms with Crippen LogP contribution in [0.4, 0.5) is 0 Å². The van der Waals surface area contributed by atoms with Crippen molar-refractivity contribution in [3.05, 3.63) is 0 Å². The van der Waals surface area contributed by atoms with Crippen LogP contribution in [0.2, 0.25) is 0 Å². The van der Waals surface area contributed by atoms with E-state index in [0.29, 0.717) is 5.75 Å². The molecule has 0 saturated carbocycles. The van der Waals surface area contributed by atoms with E-state index in [1.165, 1.54) is 0 Å². The van der Waals surface area contributed by atoms with Crippen molar-refractivity contribution in [1.29, 1.82) is 4.78 Å². The Morgan fingerprint density at radius 2 is 2.38 bits per heavy atom. The molecule has 0 bridgehead atoms. The lowest BCUT2D eigenvalue weighted by Gasteiger charge is -2.00. The van der Waals surface area contributed by atoms with Gasteiger partial charge in [0.05, 0.1) is 0 Å². The molecule has 1 fully saturated rings. The summed E-state index contributed by atoms with van der Waals surface area (Å²) < 4.78 is 18.2. The van der Waals surface area contributed by atoms with Gasteiger partial charge in [-0.3, -0.25) is 4.78 Å². The Bertz CT molecular complexity index is 171. The predicted octanol–water partition coefficient (Wildman–Crippen LogP) is 1.22. The zero-order chi connectivity index (χ0) is 6.20. The normalized spacial score (nSPS) is 47.4. The molecule has 2 atom stereocenters. The van der Waals surface area contributed by atoms with Crippen LogP contribution >= 0.6 is 0 Å². The fraction of sp³-hybridized carbons (Fsp3) is 1.00. The predicted molar refractivity (Wildman–Crippen MR) is 34.4 cm³/mol. The number of nitrogens with one attached hydrogen (secondary N) is 1. The minimum absolute atomic E-state index is 0.155. The summed E-state index contributed by atoms with van der Waals surface area (Å²) in [5.41, 5.74) is 0. The average Bonchev–Trinajstić information content (AvgIpc) is 1.86. The van der Waals surface area contributed by atoms with E-state index in [-0.39, 0.29) is 5.25 Å². The van der Waals surface area contributed by atoms with E-state index in [4.69, 9.17) is 4.78 Å². The average molecular weight is 133 g/mol. The van der Waals surface area contributed by atoms with E-state index in [1.807, 2.05) is 6.92 Å². The van der Waals surface area contributed by atoms with Gasteiger partial charge in [-0.2, -0.15) is 0 Å². The van der Waals surface area contributed by atoms with Gasteiger partial charge in [-0.1, -0.05) is 0 Å². The maximum atomic E-state index is 11.0. The summed E-state index contributed by atoms with van der Waals surface area (Å²) >= 11 is 0. The van der Waals surface area contributed by atoms with Gasteiger partial charge in [-0.15, -0.1) is 0 Å². The van der Waals surface area contributed by atoms with Crippen molar-refractivity contribution in [3.8, 4) is 0 Å². The summed E-state index contributed by atoms with van der Waals surface area (Å²) in [5.74, 6) is 0.633. The van der Waals surface area contributed by atoms with Crippen molar-refractivity contribution in [2.24, 2.45) is 0 Å². The quantitative estimate of drug-likeness (QED) is 0.530. The smallest absolute Gasteiger partial charge is 0.0467 e. The Morgan fingerprint density at radius 3 is 2.50 bits per heavy atom. The van der Waals surface area contributed by atoms with E-state index in [0.717, 1.165) is 12.8 Å². The second kappa shape index (κ2) is 1.72. The summed E-state index contributed by atoms with van der Waals surface area (Å²) in [5, 5.41) is 0.155. The molecular formula is C5H11NOS. The van der Waals surface area contributed by atoms with Crippen LogP contribution in [0, 0.1) is 4.78 Å². The van der Waals surface area contributed by atoms with Gasteiger partial charge in [0.25, 0.3) is 0 Å². The van der Waals surface area contributed by atoms with Gasteiger partial charge < -0.3 is 0 Å². The molecular weight excluding hydrogens is 122 g/mol. The fourth-order valence-corrected chi connectivity index (χ4v) is 2.52. The van der Waals surface area contributed by atoms with Crippen LogP contribution in [0.25, 0.3) is 0 Å². The standard InChI is InChI=1S/C5H11NOS/c1-5-3-2-4-8(5,6)7/h5-6H,2-4H2,1H3. The molecule has 8 heavy (non-hydrogen) atoms. The van der Waals surface area contributed by atoms with Gasteiger partial charge >= 0.3 is 0 Å². The number of hydrogen-bond donors (Lipinski definition) is 1. The minimum Gasteiger partial charge on any atom is -0.253 e. The summed E-state index contributed by atoms with van der Waals surface area (Å²) in [7, 11) is -2.12. The first-order valence-corrected chi connectivity index (χ1v) is 4.67. The van der Waals surface area contributed by atoms with Crippen LogP contribution in [0.5, 0.6) is 0 Å². The molecule has 0 radical (unpaired) electrons. The molecule has 48 valence electrons. The van der Waals surface area contributed by atoms with Gasteiger partial charge in [0.2, 0.25) is 0 Å². The molecule has 2 nitrogen and oxygen atoms in total. The van der Waals surface area contributed by atoms with Crippen LogP contribution in [0.15, 0.2) is 0 Å². The highest BCUT2D eigenvalue weighted by molar-refractivity contribution is 7.93. The first-order valence-electron chi connectivity index (χ1n) is 2.88. The molecule has 0 aromatic carbocycles. The van der Waals surface area contributed by atoms with Crippen molar-refractivity contribution in [2.75, 3.05) is 5.75 Å². The first kappa shape index (κ1) is 6.08. The molecule has 3 heteroatoms. The summed E-state index contributed by atoms with van der Waals surface area (Å²) in [6.45, 7) is 1.91. The highest BCUT2D eigenvalue weighted by atomic mass is 32.2. The van der Waals surface area contributed by atoms with Gasteiger partial charge in [0.1, 0.15) is 0 Å². The van der Waals surface area contributed by atoms with Crippen molar-refractivity contribution in [1.82, 2.24) is 0 Å². The first-order chi connectivity index (χ1) is 3.63. The second-order valence-corrected chi connectivity index (χ2v) is 5.05. The Labute approximate surface area is 50.3 Å². The third-order valence-corrected chi connectivity index (χ3v) is 4.14. The van der Waals surface area contributed by atoms with Crippen molar-refractivity contribution in [3.63, 3.8) is 0 Å². The monoisotopic (exact) mass is 133 g/mol. The van der Waals surface area contributed by atoms with Crippen molar-refractivity contribution in [2.45, 2.75) is 25.0 Å². The lowest BCUT2D eigenvalue weighted by molar-refractivity contribution is 0.672. The molecule has 1 aliphatic heterocycles. The molecule has 0 aromatic heterocycles. The molecule has 1 aliphatic rings. The third kappa shape index (κ3) is 0.869. The van der Waals surface area contributed by atoms with Crippen LogP contribution < -0.4 is 0 Å². The molecule has 2 unspecified atom stereocenters. The largest absolute Gasteiger partial charge is 0.253 e. The van der Waals surface area contributed by atoms with Crippen LogP contribution in [0.3, 0.4) is 0 Å². The lowest BCUT2D eigenvalue weighted by atomic mass is 10.3. The highest BCUT2D eigenvalue weighted by Crippen LogP contribution is 2.19. The lowest BCUT2D eigenvalue weighted by Crippen LogP contribution is -2.08. The van der Waals surface area contributed by atoms with Gasteiger partial charge in [0.15, 0.2) is 0 Å². The maximum absolute atomic E-state index is 11.0. The van der Waals surface area contributed by atoms with Gasteiger partial charge in [0, 0.05) is 20.7 Å². The highest BCUT2D eigenvalue weighted by Gasteiger charge is 2.22. The summed E-state index contributed by atoms with van der Waals surface area (Å²) in [6, 6.07) is 0. The van der Waals surface area contributed by atoms with Gasteiger partial charge in [-0.25, -0.2) is 4.21 Å². The molecule has 0 amide bonds. The molecule has 1 N–H and O–H groups in total. The Kier molecular flexibility index (Phi) is 1.31. The van der Waals surface area contributed by atoms with Crippen LogP contribution in [-0.4, -0.2) is 15.2 Å². The van der Waals surface area contributed by atoms with E-state index >= 15 is 0 Å².